The molecule has 3 aliphatic rings. The smallest absolute Gasteiger partial charge is 0.248 e. The number of aryl methyl sites for hydroxylation is 1. The van der Waals surface area contributed by atoms with E-state index in [4.69, 9.17) is 14.6 Å². The van der Waals surface area contributed by atoms with Gasteiger partial charge in [0.1, 0.15) is 24.5 Å². The first kappa shape index (κ1) is 32.1. The van der Waals surface area contributed by atoms with Gasteiger partial charge in [-0.25, -0.2) is 14.4 Å². The summed E-state index contributed by atoms with van der Waals surface area (Å²) in [6.07, 6.45) is -0.394. The van der Waals surface area contributed by atoms with Gasteiger partial charge >= 0.3 is 0 Å². The van der Waals surface area contributed by atoms with E-state index < -0.39 is 24.8 Å². The van der Waals surface area contributed by atoms with Gasteiger partial charge in [0.25, 0.3) is 0 Å². The van der Waals surface area contributed by atoms with Crippen LogP contribution in [0.2, 0.25) is 0 Å². The van der Waals surface area contributed by atoms with Crippen LogP contribution in [0.5, 0.6) is 5.75 Å². The number of piperidine rings is 1. The largest absolute Gasteiger partial charge is 0.486 e. The van der Waals surface area contributed by atoms with Crippen LogP contribution in [0.15, 0.2) is 53.0 Å². The van der Waals surface area contributed by atoms with Crippen molar-refractivity contribution < 1.29 is 23.8 Å². The molecule has 3 saturated heterocycles. The lowest BCUT2D eigenvalue weighted by Gasteiger charge is -2.43. The van der Waals surface area contributed by atoms with E-state index in [9.17, 15) is 14.4 Å². The Kier molecular flexibility index (Phi) is 10.4. The molecule has 3 aliphatic heterocycles. The highest BCUT2D eigenvalue weighted by molar-refractivity contribution is 6.01. The summed E-state index contributed by atoms with van der Waals surface area (Å²) in [4.78, 5) is 26.9. The van der Waals surface area contributed by atoms with Crippen LogP contribution in [0.4, 0.5) is 15.8 Å². The number of aliphatic hydroxyl groups excluding tert-OH is 1. The molecule has 3 heterocycles. The molecule has 0 bridgehead atoms. The topological polar surface area (TPSA) is 126 Å². The third-order valence-electron chi connectivity index (χ3n) is 8.40. The minimum atomic E-state index is -1.45. The SMILES string of the molecule is C=C(N=C(N=CC)Nc1ccc(N2CCN(C3COC3)CC2)cc1)c1cc(C)c(OC2CCN(C(=O)CO)CC2F)c(C#N)c1. The third-order valence-corrected chi connectivity index (χ3v) is 8.40. The quantitative estimate of drug-likeness (QED) is 0.342. The van der Waals surface area contributed by atoms with Crippen LogP contribution in [0, 0.1) is 18.3 Å². The van der Waals surface area contributed by atoms with Gasteiger partial charge < -0.3 is 29.7 Å². The lowest BCUT2D eigenvalue weighted by molar-refractivity contribution is -0.138. The summed E-state index contributed by atoms with van der Waals surface area (Å²) >= 11 is 0. The number of halogens is 1. The Morgan fingerprint density at radius 2 is 1.96 bits per heavy atom. The number of nitrogens with zero attached hydrogens (tertiary/aromatic N) is 6. The molecule has 0 spiro atoms. The number of hydrogen-bond acceptors (Lipinski definition) is 8. The van der Waals surface area contributed by atoms with Crippen molar-refractivity contribution in [2.75, 3.05) is 69.3 Å². The number of alkyl halides is 1. The van der Waals surface area contributed by atoms with Crippen LogP contribution < -0.4 is 15.0 Å². The Morgan fingerprint density at radius 3 is 2.56 bits per heavy atom. The first-order valence-electron chi connectivity index (χ1n) is 15.2. The molecule has 11 nitrogen and oxygen atoms in total. The Bertz CT molecular complexity index is 1480. The normalized spacial score (nSPS) is 21.4. The summed E-state index contributed by atoms with van der Waals surface area (Å²) in [5, 5.41) is 22.2. The third kappa shape index (κ3) is 7.68. The number of ether oxygens (including phenoxy) is 2. The Hall–Kier alpha value is -4.31. The Morgan fingerprint density at radius 1 is 1.22 bits per heavy atom. The molecule has 45 heavy (non-hydrogen) atoms. The first-order valence-corrected chi connectivity index (χ1v) is 15.2. The fourth-order valence-electron chi connectivity index (χ4n) is 5.74. The van der Waals surface area contributed by atoms with Gasteiger partial charge in [0.2, 0.25) is 11.9 Å². The lowest BCUT2D eigenvalue weighted by Crippen LogP contribution is -2.56. The molecule has 2 unspecified atom stereocenters. The number of guanidine groups is 1. The second-order valence-corrected chi connectivity index (χ2v) is 11.4. The van der Waals surface area contributed by atoms with E-state index in [1.54, 1.807) is 32.2 Å². The molecule has 3 fully saturated rings. The molecule has 0 aromatic heterocycles. The van der Waals surface area contributed by atoms with E-state index in [1.807, 2.05) is 12.1 Å². The van der Waals surface area contributed by atoms with Gasteiger partial charge in [-0.15, -0.1) is 0 Å². The number of piperazine rings is 1. The van der Waals surface area contributed by atoms with E-state index in [0.717, 1.165) is 50.8 Å². The maximum absolute atomic E-state index is 14.9. The van der Waals surface area contributed by atoms with Crippen molar-refractivity contribution in [3.8, 4) is 11.8 Å². The maximum atomic E-state index is 14.9. The number of nitriles is 1. The summed E-state index contributed by atoms with van der Waals surface area (Å²) in [5.41, 5.74) is 3.84. The van der Waals surface area contributed by atoms with Crippen molar-refractivity contribution in [3.63, 3.8) is 0 Å². The van der Waals surface area contributed by atoms with Crippen molar-refractivity contribution in [2.45, 2.75) is 38.6 Å². The highest BCUT2D eigenvalue weighted by Gasteiger charge is 2.34. The summed E-state index contributed by atoms with van der Waals surface area (Å²) in [7, 11) is 0. The molecule has 2 atom stereocenters. The van der Waals surface area contributed by atoms with Crippen molar-refractivity contribution in [3.05, 3.63) is 59.7 Å². The standard InChI is InChI=1S/C33H40FN7O4/c1-4-36-33(38-26-5-7-27(8-6-26)39-11-13-40(14-12-39)28-20-44-21-28)37-23(3)24-15-22(2)32(25(16-24)17-35)45-30-9-10-41(18-29(30)34)31(43)19-42/h4-8,15-16,28-30,42H,3,9-14,18-21H2,1-2H3,(H,37,38). The number of likely N-dealkylation sites (tertiary alicyclic amines) is 1. The van der Waals surface area contributed by atoms with Gasteiger partial charge in [-0.05, 0) is 55.8 Å². The number of rotatable bonds is 8. The Labute approximate surface area is 263 Å². The highest BCUT2D eigenvalue weighted by atomic mass is 19.1. The second-order valence-electron chi connectivity index (χ2n) is 11.4. The molecule has 2 aromatic carbocycles. The van der Waals surface area contributed by atoms with Gasteiger partial charge in [0, 0.05) is 62.3 Å². The summed E-state index contributed by atoms with van der Waals surface area (Å²) in [6, 6.07) is 14.3. The Balaban J connectivity index is 1.23. The molecule has 12 heteroatoms. The number of benzene rings is 2. The van der Waals surface area contributed by atoms with E-state index >= 15 is 0 Å². The fraction of sp³-hybridized carbons (Fsp3) is 0.455. The van der Waals surface area contributed by atoms with Crippen LogP contribution in [0.3, 0.4) is 0 Å². The van der Waals surface area contributed by atoms with Crippen LogP contribution in [0.1, 0.15) is 30.0 Å². The number of hydrogen-bond donors (Lipinski definition) is 2. The van der Waals surface area contributed by atoms with Crippen LogP contribution >= 0.6 is 0 Å². The lowest BCUT2D eigenvalue weighted by atomic mass is 10.0. The molecule has 5 rings (SSSR count). The number of carbonyl (C=O) groups is 1. The van der Waals surface area contributed by atoms with Gasteiger partial charge in [0.15, 0.2) is 6.17 Å². The number of aliphatic hydroxyl groups is 1. The molecular formula is C33H40FN7O4. The zero-order chi connectivity index (χ0) is 31.9. The molecule has 1 amide bonds. The zero-order valence-corrected chi connectivity index (χ0v) is 25.8. The molecular weight excluding hydrogens is 577 g/mol. The minimum absolute atomic E-state index is 0.168. The van der Waals surface area contributed by atoms with Crippen LogP contribution in [-0.2, 0) is 9.53 Å². The number of carbonyl (C=O) groups excluding carboxylic acids is 1. The fourth-order valence-corrected chi connectivity index (χ4v) is 5.74. The predicted molar refractivity (Wildman–Crippen MR) is 173 cm³/mol. The van der Waals surface area contributed by atoms with Crippen molar-refractivity contribution in [2.24, 2.45) is 9.98 Å². The number of aliphatic imine (C=N–C) groups is 2. The molecule has 2 aromatic rings. The van der Waals surface area contributed by atoms with E-state index in [0.29, 0.717) is 28.8 Å². The predicted octanol–water partition coefficient (Wildman–Crippen LogP) is 3.23. The van der Waals surface area contributed by atoms with Crippen LogP contribution in [0.25, 0.3) is 5.70 Å². The van der Waals surface area contributed by atoms with Crippen molar-refractivity contribution in [1.82, 2.24) is 9.80 Å². The molecule has 2 N–H and O–H groups in total. The van der Waals surface area contributed by atoms with E-state index in [2.05, 4.69) is 49.9 Å². The average molecular weight is 618 g/mol. The van der Waals surface area contributed by atoms with E-state index in [1.165, 1.54) is 4.90 Å². The number of anilines is 2. The van der Waals surface area contributed by atoms with Gasteiger partial charge in [-0.2, -0.15) is 5.26 Å². The van der Waals surface area contributed by atoms with E-state index in [-0.39, 0.29) is 30.8 Å². The molecule has 238 valence electrons. The molecule has 0 aliphatic carbocycles. The monoisotopic (exact) mass is 617 g/mol. The van der Waals surface area contributed by atoms with Gasteiger partial charge in [-0.3, -0.25) is 9.69 Å². The highest BCUT2D eigenvalue weighted by Crippen LogP contribution is 2.31. The van der Waals surface area contributed by atoms with Gasteiger partial charge in [0.05, 0.1) is 37.1 Å². The zero-order valence-electron chi connectivity index (χ0n) is 25.8. The maximum Gasteiger partial charge on any atom is 0.248 e. The first-order chi connectivity index (χ1) is 21.8. The summed E-state index contributed by atoms with van der Waals surface area (Å²) < 4.78 is 26.2. The van der Waals surface area contributed by atoms with Crippen molar-refractivity contribution in [1.29, 1.82) is 5.26 Å². The number of amides is 1. The minimum Gasteiger partial charge on any atom is -0.486 e. The number of nitrogens with one attached hydrogen (secondary N) is 1. The average Bonchev–Trinajstić information content (AvgIpc) is 3.02. The summed E-state index contributed by atoms with van der Waals surface area (Å²) in [5.74, 6) is 0.111. The summed E-state index contributed by atoms with van der Waals surface area (Å²) in [6.45, 7) is 12.8. The van der Waals surface area contributed by atoms with Gasteiger partial charge in [-0.1, -0.05) is 6.58 Å². The second kappa shape index (κ2) is 14.6. The van der Waals surface area contributed by atoms with Crippen molar-refractivity contribution >= 4 is 35.2 Å². The van der Waals surface area contributed by atoms with Crippen LogP contribution in [-0.4, -0.2) is 110 Å². The molecule has 0 saturated carbocycles. The molecule has 0 radical (unpaired) electrons.